The molecule has 0 bridgehead atoms. The van der Waals surface area contributed by atoms with Crippen molar-refractivity contribution in [2.24, 2.45) is 0 Å². The van der Waals surface area contributed by atoms with Gasteiger partial charge in [-0.1, -0.05) is 25.7 Å². The topological polar surface area (TPSA) is 48.6 Å². The van der Waals surface area contributed by atoms with E-state index in [1.165, 1.54) is 38.5 Å². The van der Waals surface area contributed by atoms with Gasteiger partial charge in [0.2, 0.25) is 0 Å². The molecule has 0 spiro atoms. The van der Waals surface area contributed by atoms with Crippen molar-refractivity contribution in [3.05, 3.63) is 22.1 Å². The quantitative estimate of drug-likeness (QED) is 0.639. The van der Waals surface area contributed by atoms with E-state index in [1.54, 1.807) is 6.07 Å². The lowest BCUT2D eigenvalue weighted by atomic mass is 9.97. The molecule has 72 valence electrons. The molecular formula is C10H16N2O. The fraction of sp³-hybridized carbons (Fsp3) is 0.700. The van der Waals surface area contributed by atoms with Crippen LogP contribution in [-0.2, 0) is 0 Å². The van der Waals surface area contributed by atoms with Gasteiger partial charge >= 0.3 is 0 Å². The molecule has 0 unspecified atom stereocenters. The van der Waals surface area contributed by atoms with Gasteiger partial charge in [-0.25, -0.2) is 0 Å². The Kier molecular flexibility index (Phi) is 2.52. The third kappa shape index (κ3) is 2.02. The van der Waals surface area contributed by atoms with Gasteiger partial charge < -0.3 is 5.10 Å². The summed E-state index contributed by atoms with van der Waals surface area (Å²) in [6.45, 7) is 0. The van der Waals surface area contributed by atoms with Crippen LogP contribution in [0.1, 0.15) is 50.1 Å². The lowest BCUT2D eigenvalue weighted by Crippen LogP contribution is -1.97. The van der Waals surface area contributed by atoms with Crippen molar-refractivity contribution >= 4 is 0 Å². The van der Waals surface area contributed by atoms with Crippen molar-refractivity contribution in [1.29, 1.82) is 0 Å². The van der Waals surface area contributed by atoms with Gasteiger partial charge in [0.25, 0.3) is 5.56 Å². The number of H-pyrrole nitrogens is 2. The summed E-state index contributed by atoms with van der Waals surface area (Å²) in [7, 11) is 0. The first-order chi connectivity index (χ1) is 6.36. The van der Waals surface area contributed by atoms with Gasteiger partial charge in [0, 0.05) is 17.7 Å². The first-order valence-electron chi connectivity index (χ1n) is 5.14. The van der Waals surface area contributed by atoms with E-state index in [9.17, 15) is 4.79 Å². The van der Waals surface area contributed by atoms with E-state index < -0.39 is 0 Å². The van der Waals surface area contributed by atoms with E-state index in [0.717, 1.165) is 5.69 Å². The highest BCUT2D eigenvalue weighted by atomic mass is 16.1. The predicted molar refractivity (Wildman–Crippen MR) is 51.9 cm³/mol. The van der Waals surface area contributed by atoms with Crippen LogP contribution in [0.4, 0.5) is 0 Å². The fourth-order valence-electron chi connectivity index (χ4n) is 2.16. The highest BCUT2D eigenvalue weighted by molar-refractivity contribution is 5.05. The summed E-state index contributed by atoms with van der Waals surface area (Å²) < 4.78 is 0. The van der Waals surface area contributed by atoms with Crippen LogP contribution in [0.25, 0.3) is 0 Å². The van der Waals surface area contributed by atoms with Crippen molar-refractivity contribution < 1.29 is 0 Å². The zero-order chi connectivity index (χ0) is 9.10. The summed E-state index contributed by atoms with van der Waals surface area (Å²) in [5.41, 5.74) is 1.10. The minimum absolute atomic E-state index is 0.000697. The Balaban J connectivity index is 2.10. The van der Waals surface area contributed by atoms with Crippen molar-refractivity contribution in [3.63, 3.8) is 0 Å². The second-order valence-corrected chi connectivity index (χ2v) is 3.90. The van der Waals surface area contributed by atoms with Crippen LogP contribution in [0, 0.1) is 0 Å². The Hall–Kier alpha value is -0.990. The van der Waals surface area contributed by atoms with Gasteiger partial charge in [-0.3, -0.25) is 9.89 Å². The minimum Gasteiger partial charge on any atom is -0.302 e. The number of rotatable bonds is 1. The molecule has 1 heterocycles. The van der Waals surface area contributed by atoms with E-state index in [4.69, 9.17) is 0 Å². The standard InChI is InChI=1S/C10H16N2O/c13-10-7-9(11-12-10)8-5-3-1-2-4-6-8/h7-8H,1-6H2,(H2,11,12,13). The van der Waals surface area contributed by atoms with Gasteiger partial charge in [-0.15, -0.1) is 0 Å². The Labute approximate surface area is 77.5 Å². The molecule has 0 saturated heterocycles. The predicted octanol–water partition coefficient (Wildman–Crippen LogP) is 2.14. The van der Waals surface area contributed by atoms with Gasteiger partial charge in [0.15, 0.2) is 0 Å². The number of aromatic amines is 2. The third-order valence-electron chi connectivity index (χ3n) is 2.91. The second-order valence-electron chi connectivity index (χ2n) is 3.90. The number of nitrogens with one attached hydrogen (secondary N) is 2. The molecule has 1 fully saturated rings. The molecular weight excluding hydrogens is 164 g/mol. The zero-order valence-corrected chi connectivity index (χ0v) is 7.81. The molecule has 0 amide bonds. The summed E-state index contributed by atoms with van der Waals surface area (Å²) in [4.78, 5) is 10.9. The SMILES string of the molecule is O=c1cc(C2CCCCCC2)[nH][nH]1. The van der Waals surface area contributed by atoms with Crippen LogP contribution in [0.5, 0.6) is 0 Å². The maximum absolute atomic E-state index is 10.9. The summed E-state index contributed by atoms with van der Waals surface area (Å²) in [6, 6.07) is 1.70. The maximum atomic E-state index is 10.9. The Bertz CT molecular complexity index is 305. The molecule has 13 heavy (non-hydrogen) atoms. The van der Waals surface area contributed by atoms with Gasteiger partial charge in [0.05, 0.1) is 0 Å². The molecule has 0 atom stereocenters. The summed E-state index contributed by atoms with van der Waals surface area (Å²) >= 11 is 0. The van der Waals surface area contributed by atoms with Crippen molar-refractivity contribution in [1.82, 2.24) is 10.2 Å². The number of aromatic nitrogens is 2. The van der Waals surface area contributed by atoms with E-state index in [0.29, 0.717) is 5.92 Å². The average Bonchev–Trinajstić information content (AvgIpc) is 2.43. The molecule has 1 aliphatic carbocycles. The highest BCUT2D eigenvalue weighted by Crippen LogP contribution is 2.29. The molecule has 3 heteroatoms. The Morgan fingerprint density at radius 1 is 1.08 bits per heavy atom. The maximum Gasteiger partial charge on any atom is 0.264 e. The summed E-state index contributed by atoms with van der Waals surface area (Å²) in [5.74, 6) is 0.585. The summed E-state index contributed by atoms with van der Waals surface area (Å²) in [5, 5.41) is 5.57. The molecule has 0 aromatic carbocycles. The zero-order valence-electron chi connectivity index (χ0n) is 7.81. The van der Waals surface area contributed by atoms with Gasteiger partial charge in [-0.05, 0) is 12.8 Å². The second kappa shape index (κ2) is 3.81. The van der Waals surface area contributed by atoms with Crippen molar-refractivity contribution in [2.45, 2.75) is 44.4 Å². The smallest absolute Gasteiger partial charge is 0.264 e. The van der Waals surface area contributed by atoms with Gasteiger partial charge in [0.1, 0.15) is 0 Å². The molecule has 0 radical (unpaired) electrons. The number of hydrogen-bond donors (Lipinski definition) is 2. The van der Waals surface area contributed by atoms with Crippen LogP contribution < -0.4 is 5.56 Å². The van der Waals surface area contributed by atoms with Crippen molar-refractivity contribution in [3.8, 4) is 0 Å². The van der Waals surface area contributed by atoms with Crippen LogP contribution in [0.15, 0.2) is 10.9 Å². The lowest BCUT2D eigenvalue weighted by Gasteiger charge is -2.10. The number of hydrogen-bond acceptors (Lipinski definition) is 1. The first kappa shape index (κ1) is 8.60. The minimum atomic E-state index is -0.000697. The van der Waals surface area contributed by atoms with Crippen molar-refractivity contribution in [2.75, 3.05) is 0 Å². The van der Waals surface area contributed by atoms with Crippen LogP contribution in [0.3, 0.4) is 0 Å². The largest absolute Gasteiger partial charge is 0.302 e. The third-order valence-corrected chi connectivity index (χ3v) is 2.91. The van der Waals surface area contributed by atoms with Gasteiger partial charge in [-0.2, -0.15) is 0 Å². The molecule has 0 aliphatic heterocycles. The lowest BCUT2D eigenvalue weighted by molar-refractivity contribution is 0.576. The normalized spacial score (nSPS) is 20.0. The molecule has 2 rings (SSSR count). The summed E-state index contributed by atoms with van der Waals surface area (Å²) in [6.07, 6.45) is 7.77. The molecule has 1 aromatic heterocycles. The van der Waals surface area contributed by atoms with Crippen LogP contribution in [-0.4, -0.2) is 10.2 Å². The molecule has 1 aliphatic rings. The fourth-order valence-corrected chi connectivity index (χ4v) is 2.16. The average molecular weight is 180 g/mol. The molecule has 2 N–H and O–H groups in total. The van der Waals surface area contributed by atoms with E-state index in [1.807, 2.05) is 0 Å². The Morgan fingerprint density at radius 3 is 2.31 bits per heavy atom. The van der Waals surface area contributed by atoms with E-state index in [2.05, 4.69) is 10.2 Å². The Morgan fingerprint density at radius 2 is 1.77 bits per heavy atom. The molecule has 1 aromatic rings. The van der Waals surface area contributed by atoms with Crippen LogP contribution in [0.2, 0.25) is 0 Å². The molecule has 3 nitrogen and oxygen atoms in total. The van der Waals surface area contributed by atoms with Crippen LogP contribution >= 0.6 is 0 Å². The molecule has 1 saturated carbocycles. The monoisotopic (exact) mass is 180 g/mol. The van der Waals surface area contributed by atoms with E-state index >= 15 is 0 Å². The highest BCUT2D eigenvalue weighted by Gasteiger charge is 2.15. The first-order valence-corrected chi connectivity index (χ1v) is 5.14. The van der Waals surface area contributed by atoms with E-state index in [-0.39, 0.29) is 5.56 Å².